The third-order valence-electron chi connectivity index (χ3n) is 9.68. The summed E-state index contributed by atoms with van der Waals surface area (Å²) < 4.78 is 17.6. The fourth-order valence-electron chi connectivity index (χ4n) is 7.96. The molecule has 2 heterocycles. The van der Waals surface area contributed by atoms with Gasteiger partial charge in [-0.15, -0.1) is 0 Å². The lowest BCUT2D eigenvalue weighted by Crippen LogP contribution is -2.55. The Morgan fingerprint density at radius 2 is 1.68 bits per heavy atom. The summed E-state index contributed by atoms with van der Waals surface area (Å²) in [5.41, 5.74) is -0.280. The van der Waals surface area contributed by atoms with Crippen molar-refractivity contribution in [1.29, 1.82) is 0 Å². The molecule has 0 aromatic heterocycles. The quantitative estimate of drug-likeness (QED) is 0.428. The molecule has 218 valence electrons. The fraction of sp³-hybridized carbons (Fsp3) is 0.667. The molecule has 0 unspecified atom stereocenters. The number of benzene rings is 1. The highest BCUT2D eigenvalue weighted by molar-refractivity contribution is 5.94. The molecule has 2 aliphatic heterocycles. The number of piperazine rings is 1. The maximum Gasteiger partial charge on any atom is 0.311 e. The summed E-state index contributed by atoms with van der Waals surface area (Å²) in [4.78, 5) is 54.5. The summed E-state index contributed by atoms with van der Waals surface area (Å²) in [5, 5.41) is 11.4. The van der Waals surface area contributed by atoms with Crippen molar-refractivity contribution in [3.05, 3.63) is 35.9 Å². The van der Waals surface area contributed by atoms with Crippen LogP contribution in [0.2, 0.25) is 0 Å². The average molecular weight is 557 g/mol. The number of carbonyl (C=O) groups excluding carboxylic acids is 4. The highest BCUT2D eigenvalue weighted by Crippen LogP contribution is 2.59. The summed E-state index contributed by atoms with van der Waals surface area (Å²) in [5.74, 6) is -2.59. The summed E-state index contributed by atoms with van der Waals surface area (Å²) in [6, 6.07) is 9.19. The minimum atomic E-state index is -0.933. The molecule has 2 saturated heterocycles. The summed E-state index contributed by atoms with van der Waals surface area (Å²) >= 11 is 0. The number of aliphatic hydroxyl groups excluding tert-OH is 1. The van der Waals surface area contributed by atoms with Crippen LogP contribution in [-0.4, -0.2) is 95.9 Å². The van der Waals surface area contributed by atoms with E-state index in [1.807, 2.05) is 49.1 Å². The molecule has 2 aliphatic carbocycles. The second-order valence-electron chi connectivity index (χ2n) is 12.2. The Bertz CT molecular complexity index is 1140. The molecule has 1 aromatic rings. The van der Waals surface area contributed by atoms with Crippen LogP contribution < -0.4 is 0 Å². The zero-order valence-electron chi connectivity index (χ0n) is 23.7. The van der Waals surface area contributed by atoms with Gasteiger partial charge in [-0.2, -0.15) is 0 Å². The molecule has 1 amide bonds. The van der Waals surface area contributed by atoms with Gasteiger partial charge in [0, 0.05) is 75.8 Å². The average Bonchev–Trinajstić information content (AvgIpc) is 3.31. The molecular formula is C30H40N2O8. The molecule has 0 radical (unpaired) electrons. The molecule has 0 bridgehead atoms. The second-order valence-corrected chi connectivity index (χ2v) is 12.2. The van der Waals surface area contributed by atoms with Gasteiger partial charge in [0.1, 0.15) is 18.3 Å². The van der Waals surface area contributed by atoms with Gasteiger partial charge in [0.05, 0.1) is 12.0 Å². The van der Waals surface area contributed by atoms with Crippen molar-refractivity contribution in [3.63, 3.8) is 0 Å². The van der Waals surface area contributed by atoms with Gasteiger partial charge < -0.3 is 24.2 Å². The Morgan fingerprint density at radius 3 is 2.30 bits per heavy atom. The zero-order valence-corrected chi connectivity index (χ0v) is 23.7. The highest BCUT2D eigenvalue weighted by atomic mass is 16.6. The van der Waals surface area contributed by atoms with Gasteiger partial charge in [-0.3, -0.25) is 24.1 Å². The minimum Gasteiger partial charge on any atom is -0.462 e. The number of amides is 1. The number of ether oxygens (including phenoxy) is 3. The van der Waals surface area contributed by atoms with Crippen molar-refractivity contribution in [2.24, 2.45) is 29.1 Å². The molecule has 5 rings (SSSR count). The van der Waals surface area contributed by atoms with E-state index in [-0.39, 0.29) is 30.1 Å². The Morgan fingerprint density at radius 1 is 1.02 bits per heavy atom. The number of fused-ring (bicyclic) bond motifs is 2. The maximum absolute atomic E-state index is 13.3. The third kappa shape index (κ3) is 5.11. The third-order valence-corrected chi connectivity index (χ3v) is 9.68. The van der Waals surface area contributed by atoms with E-state index in [1.54, 1.807) is 0 Å². The van der Waals surface area contributed by atoms with E-state index >= 15 is 0 Å². The Labute approximate surface area is 234 Å². The van der Waals surface area contributed by atoms with Crippen LogP contribution in [0.4, 0.5) is 0 Å². The van der Waals surface area contributed by atoms with Crippen LogP contribution in [0.5, 0.6) is 0 Å². The lowest BCUT2D eigenvalue weighted by atomic mass is 9.66. The normalized spacial score (nSPS) is 37.6. The van der Waals surface area contributed by atoms with Gasteiger partial charge in [0.25, 0.3) is 5.91 Å². The van der Waals surface area contributed by atoms with Crippen LogP contribution in [-0.2, 0) is 28.6 Å². The molecule has 10 heteroatoms. The SMILES string of the molecule is CC(=O)O[C@@H]1[C@H]2[C@H](C[C@@H](C)[C@@H]3[C@H](OC(C)=O)C[C@H](O)[C@]31C)OC(=O)[C@@H]2CN1CCN(C(=O)c2ccccc2)CC1. The lowest BCUT2D eigenvalue weighted by Gasteiger charge is -2.44. The number of nitrogens with zero attached hydrogens (tertiary/aromatic N) is 2. The van der Waals surface area contributed by atoms with Crippen molar-refractivity contribution in [2.75, 3.05) is 32.7 Å². The highest BCUT2D eigenvalue weighted by Gasteiger charge is 2.67. The smallest absolute Gasteiger partial charge is 0.311 e. The van der Waals surface area contributed by atoms with Gasteiger partial charge in [-0.05, 0) is 24.5 Å². The molecule has 10 nitrogen and oxygen atoms in total. The van der Waals surface area contributed by atoms with Crippen LogP contribution in [0.15, 0.2) is 30.3 Å². The number of aliphatic hydroxyl groups is 1. The maximum atomic E-state index is 13.3. The number of carbonyl (C=O) groups is 4. The first-order valence-corrected chi connectivity index (χ1v) is 14.3. The molecule has 4 aliphatic rings. The van der Waals surface area contributed by atoms with Gasteiger partial charge in [0.2, 0.25) is 0 Å². The van der Waals surface area contributed by atoms with Crippen molar-refractivity contribution in [1.82, 2.24) is 9.80 Å². The van der Waals surface area contributed by atoms with E-state index in [1.165, 1.54) is 13.8 Å². The molecule has 9 atom stereocenters. The van der Waals surface area contributed by atoms with Crippen LogP contribution in [0.25, 0.3) is 0 Å². The number of hydrogen-bond acceptors (Lipinski definition) is 9. The summed E-state index contributed by atoms with van der Waals surface area (Å²) in [6.07, 6.45) is -1.92. The predicted molar refractivity (Wildman–Crippen MR) is 143 cm³/mol. The van der Waals surface area contributed by atoms with Gasteiger partial charge in [0.15, 0.2) is 0 Å². The Balaban J connectivity index is 1.37. The number of hydrogen-bond donors (Lipinski definition) is 1. The van der Waals surface area contributed by atoms with Crippen LogP contribution in [0.1, 0.15) is 50.9 Å². The monoisotopic (exact) mass is 556 g/mol. The molecule has 4 fully saturated rings. The molecule has 1 aromatic carbocycles. The van der Waals surface area contributed by atoms with Gasteiger partial charge in [-0.1, -0.05) is 32.0 Å². The van der Waals surface area contributed by atoms with E-state index in [0.717, 1.165) is 0 Å². The van der Waals surface area contributed by atoms with Crippen LogP contribution in [0, 0.1) is 29.1 Å². The first-order chi connectivity index (χ1) is 19.0. The first-order valence-electron chi connectivity index (χ1n) is 14.3. The number of rotatable bonds is 5. The van der Waals surface area contributed by atoms with Crippen molar-refractivity contribution >= 4 is 23.8 Å². The van der Waals surface area contributed by atoms with Crippen LogP contribution >= 0.6 is 0 Å². The Kier molecular flexibility index (Phi) is 7.94. The standard InChI is InChI=1S/C30H40N2O8/c1-17-14-22-25(27(39-19(3)34)30(4)24(35)15-23(26(17)30)38-18(2)33)21(29(37)40-22)16-31-10-12-32(13-11-31)28(36)20-8-6-5-7-9-20/h5-9,17,21-27,35H,10-16H2,1-4H3/t17-,21-,22+,23-,24+,25-,26-,27-,30-/m1/s1. The van der Waals surface area contributed by atoms with E-state index in [9.17, 15) is 24.3 Å². The van der Waals surface area contributed by atoms with Gasteiger partial charge >= 0.3 is 17.9 Å². The van der Waals surface area contributed by atoms with E-state index in [4.69, 9.17) is 14.2 Å². The van der Waals surface area contributed by atoms with Crippen molar-refractivity contribution in [3.8, 4) is 0 Å². The molecule has 0 spiro atoms. The lowest BCUT2D eigenvalue weighted by molar-refractivity contribution is -0.174. The van der Waals surface area contributed by atoms with E-state index in [2.05, 4.69) is 4.90 Å². The zero-order chi connectivity index (χ0) is 28.8. The van der Waals surface area contributed by atoms with E-state index in [0.29, 0.717) is 44.7 Å². The molecular weight excluding hydrogens is 516 g/mol. The van der Waals surface area contributed by atoms with Gasteiger partial charge in [-0.25, -0.2) is 0 Å². The van der Waals surface area contributed by atoms with Crippen molar-refractivity contribution in [2.45, 2.75) is 65.0 Å². The minimum absolute atomic E-state index is 0.00945. The summed E-state index contributed by atoms with van der Waals surface area (Å²) in [6.45, 7) is 9.30. The molecule has 40 heavy (non-hydrogen) atoms. The largest absolute Gasteiger partial charge is 0.462 e. The van der Waals surface area contributed by atoms with Crippen molar-refractivity contribution < 1.29 is 38.5 Å². The molecule has 1 N–H and O–H groups in total. The second kappa shape index (κ2) is 11.1. The topological polar surface area (TPSA) is 123 Å². The van der Waals surface area contributed by atoms with Crippen LogP contribution in [0.3, 0.4) is 0 Å². The fourth-order valence-corrected chi connectivity index (χ4v) is 7.96. The van der Waals surface area contributed by atoms with E-state index < -0.39 is 53.6 Å². The molecule has 2 saturated carbocycles. The Hall–Kier alpha value is -2.98. The summed E-state index contributed by atoms with van der Waals surface area (Å²) in [7, 11) is 0. The number of esters is 3. The first kappa shape index (κ1) is 28.5. The predicted octanol–water partition coefficient (Wildman–Crippen LogP) is 1.89.